The molecule has 3 aromatic rings. The van der Waals surface area contributed by atoms with Gasteiger partial charge in [0.15, 0.2) is 5.65 Å². The summed E-state index contributed by atoms with van der Waals surface area (Å²) in [6.45, 7) is 4.00. The Kier molecular flexibility index (Phi) is 6.35. The van der Waals surface area contributed by atoms with E-state index in [4.69, 9.17) is 9.47 Å². The fourth-order valence-electron chi connectivity index (χ4n) is 2.10. The number of anilines is 2. The first-order chi connectivity index (χ1) is 12.1. The molecule has 0 aliphatic carbocycles. The summed E-state index contributed by atoms with van der Waals surface area (Å²) in [6.07, 6.45) is 1.80. The number of carbonyl (C=O) groups is 1. The lowest BCUT2D eigenvalue weighted by atomic mass is 10.2. The van der Waals surface area contributed by atoms with E-state index in [0.717, 1.165) is 4.47 Å². The fraction of sp³-hybridized carbons (Fsp3) is 0.235. The van der Waals surface area contributed by atoms with Gasteiger partial charge in [-0.3, -0.25) is 0 Å². The molecule has 0 aliphatic rings. The van der Waals surface area contributed by atoms with Gasteiger partial charge < -0.3 is 14.8 Å². The molecule has 0 unspecified atom stereocenters. The standard InChI is InChI=1S/C15H13BrN4O3.C2H6/c1-22-12-8-9(5-6-10(12)14(21)23-2)17-15-18-13-11(16)4-3-7-20(13)19-15;1-2/h3-8H,1-2H3,(H,17,19);1-2H3. The molecule has 8 heteroatoms. The Morgan fingerprint density at radius 2 is 2.00 bits per heavy atom. The zero-order chi connectivity index (χ0) is 18.4. The highest BCUT2D eigenvalue weighted by Crippen LogP contribution is 2.26. The summed E-state index contributed by atoms with van der Waals surface area (Å²) >= 11 is 3.43. The normalized spacial score (nSPS) is 9.96. The van der Waals surface area contributed by atoms with E-state index in [9.17, 15) is 4.79 Å². The van der Waals surface area contributed by atoms with Crippen LogP contribution in [0.3, 0.4) is 0 Å². The molecule has 0 bridgehead atoms. The number of benzene rings is 1. The van der Waals surface area contributed by atoms with Gasteiger partial charge in [0.1, 0.15) is 11.3 Å². The lowest BCUT2D eigenvalue weighted by molar-refractivity contribution is 0.0597. The number of esters is 1. The van der Waals surface area contributed by atoms with Gasteiger partial charge in [0, 0.05) is 18.0 Å². The van der Waals surface area contributed by atoms with Gasteiger partial charge in [-0.25, -0.2) is 9.31 Å². The Bertz CT molecular complexity index is 879. The first kappa shape index (κ1) is 18.7. The summed E-state index contributed by atoms with van der Waals surface area (Å²) < 4.78 is 12.5. The predicted molar refractivity (Wildman–Crippen MR) is 99.7 cm³/mol. The summed E-state index contributed by atoms with van der Waals surface area (Å²) in [5.74, 6) is 0.389. The summed E-state index contributed by atoms with van der Waals surface area (Å²) in [7, 11) is 2.82. The van der Waals surface area contributed by atoms with Gasteiger partial charge >= 0.3 is 5.97 Å². The van der Waals surface area contributed by atoms with Gasteiger partial charge in [-0.1, -0.05) is 13.8 Å². The molecule has 0 amide bonds. The van der Waals surface area contributed by atoms with Crippen molar-refractivity contribution in [1.29, 1.82) is 0 Å². The summed E-state index contributed by atoms with van der Waals surface area (Å²) in [6, 6.07) is 8.80. The second kappa shape index (κ2) is 8.48. The molecule has 0 atom stereocenters. The maximum atomic E-state index is 11.7. The number of nitrogens with one attached hydrogen (secondary N) is 1. The van der Waals surface area contributed by atoms with E-state index in [-0.39, 0.29) is 0 Å². The Morgan fingerprint density at radius 3 is 2.64 bits per heavy atom. The minimum atomic E-state index is -0.455. The molecule has 1 aromatic carbocycles. The topological polar surface area (TPSA) is 77.8 Å². The third-order valence-corrected chi connectivity index (χ3v) is 3.80. The molecular formula is C17H19BrN4O3. The lowest BCUT2D eigenvalue weighted by Gasteiger charge is -2.09. The van der Waals surface area contributed by atoms with E-state index in [1.807, 2.05) is 26.0 Å². The van der Waals surface area contributed by atoms with Gasteiger partial charge in [0.25, 0.3) is 0 Å². The number of aromatic nitrogens is 3. The maximum Gasteiger partial charge on any atom is 0.341 e. The van der Waals surface area contributed by atoms with Crippen molar-refractivity contribution in [2.24, 2.45) is 0 Å². The number of hydrogen-bond acceptors (Lipinski definition) is 6. The van der Waals surface area contributed by atoms with E-state index in [1.54, 1.807) is 28.9 Å². The summed E-state index contributed by atoms with van der Waals surface area (Å²) in [5.41, 5.74) is 1.75. The second-order valence-corrected chi connectivity index (χ2v) is 5.45. The molecule has 132 valence electrons. The minimum absolute atomic E-state index is 0.353. The van der Waals surface area contributed by atoms with Crippen LogP contribution in [0.1, 0.15) is 24.2 Å². The van der Waals surface area contributed by atoms with Crippen molar-refractivity contribution in [1.82, 2.24) is 14.6 Å². The maximum absolute atomic E-state index is 11.7. The molecule has 0 saturated heterocycles. The highest BCUT2D eigenvalue weighted by atomic mass is 79.9. The molecule has 0 aliphatic heterocycles. The van der Waals surface area contributed by atoms with Crippen LogP contribution in [-0.4, -0.2) is 34.8 Å². The van der Waals surface area contributed by atoms with Crippen LogP contribution in [0.25, 0.3) is 5.65 Å². The van der Waals surface area contributed by atoms with Crippen LogP contribution in [0.15, 0.2) is 41.0 Å². The zero-order valence-electron chi connectivity index (χ0n) is 14.4. The first-order valence-corrected chi connectivity index (χ1v) is 8.46. The monoisotopic (exact) mass is 406 g/mol. The quantitative estimate of drug-likeness (QED) is 0.658. The summed E-state index contributed by atoms with van der Waals surface area (Å²) in [4.78, 5) is 16.1. The van der Waals surface area contributed by atoms with Crippen molar-refractivity contribution in [3.8, 4) is 5.75 Å². The molecule has 0 spiro atoms. The minimum Gasteiger partial charge on any atom is -0.496 e. The molecule has 3 rings (SSSR count). The van der Waals surface area contributed by atoms with Gasteiger partial charge in [-0.05, 0) is 40.2 Å². The van der Waals surface area contributed by atoms with Gasteiger partial charge in [-0.2, -0.15) is 4.98 Å². The van der Waals surface area contributed by atoms with E-state index < -0.39 is 5.97 Å². The highest BCUT2D eigenvalue weighted by molar-refractivity contribution is 9.10. The van der Waals surface area contributed by atoms with Crippen molar-refractivity contribution in [3.05, 3.63) is 46.6 Å². The van der Waals surface area contributed by atoms with Crippen LogP contribution in [0, 0.1) is 0 Å². The number of nitrogens with zero attached hydrogens (tertiary/aromatic N) is 3. The third kappa shape index (κ3) is 4.08. The SMILES string of the molecule is CC.COC(=O)c1ccc(Nc2nc3c(Br)cccn3n2)cc1OC. The van der Waals surface area contributed by atoms with Crippen molar-refractivity contribution < 1.29 is 14.3 Å². The Morgan fingerprint density at radius 1 is 1.24 bits per heavy atom. The summed E-state index contributed by atoms with van der Waals surface area (Å²) in [5, 5.41) is 7.41. The lowest BCUT2D eigenvalue weighted by Crippen LogP contribution is -2.04. The van der Waals surface area contributed by atoms with Gasteiger partial charge in [0.05, 0.1) is 18.7 Å². The van der Waals surface area contributed by atoms with Crippen molar-refractivity contribution >= 4 is 39.2 Å². The molecule has 7 nitrogen and oxygen atoms in total. The van der Waals surface area contributed by atoms with Crippen LogP contribution in [0.2, 0.25) is 0 Å². The fourth-order valence-corrected chi connectivity index (χ4v) is 2.53. The third-order valence-electron chi connectivity index (χ3n) is 3.18. The Hall–Kier alpha value is -2.61. The zero-order valence-corrected chi connectivity index (χ0v) is 16.0. The molecule has 25 heavy (non-hydrogen) atoms. The van der Waals surface area contributed by atoms with E-state index in [2.05, 4.69) is 31.3 Å². The number of carbonyl (C=O) groups excluding carboxylic acids is 1. The van der Waals surface area contributed by atoms with Gasteiger partial charge in [0.2, 0.25) is 5.95 Å². The Balaban J connectivity index is 0.00000109. The van der Waals surface area contributed by atoms with Crippen LogP contribution >= 0.6 is 15.9 Å². The molecule has 2 aromatic heterocycles. The number of methoxy groups -OCH3 is 2. The number of ether oxygens (including phenoxy) is 2. The van der Waals surface area contributed by atoms with Crippen LogP contribution in [0.4, 0.5) is 11.6 Å². The smallest absolute Gasteiger partial charge is 0.341 e. The van der Waals surface area contributed by atoms with Crippen molar-refractivity contribution in [3.63, 3.8) is 0 Å². The van der Waals surface area contributed by atoms with E-state index in [1.165, 1.54) is 14.2 Å². The average molecular weight is 407 g/mol. The van der Waals surface area contributed by atoms with E-state index >= 15 is 0 Å². The van der Waals surface area contributed by atoms with Crippen LogP contribution in [-0.2, 0) is 4.74 Å². The Labute approximate surface area is 154 Å². The molecule has 2 heterocycles. The van der Waals surface area contributed by atoms with Crippen molar-refractivity contribution in [2.75, 3.05) is 19.5 Å². The van der Waals surface area contributed by atoms with E-state index in [0.29, 0.717) is 28.6 Å². The molecule has 0 fully saturated rings. The molecule has 0 radical (unpaired) electrons. The molecule has 1 N–H and O–H groups in total. The first-order valence-electron chi connectivity index (χ1n) is 7.66. The van der Waals surface area contributed by atoms with Crippen LogP contribution < -0.4 is 10.1 Å². The molecule has 0 saturated carbocycles. The molecular weight excluding hydrogens is 388 g/mol. The van der Waals surface area contributed by atoms with Crippen LogP contribution in [0.5, 0.6) is 5.75 Å². The predicted octanol–water partition coefficient (Wildman–Crippen LogP) is 4.06. The van der Waals surface area contributed by atoms with Crippen molar-refractivity contribution in [2.45, 2.75) is 13.8 Å². The average Bonchev–Trinajstić information content (AvgIpc) is 3.06. The number of pyridine rings is 1. The number of halogens is 1. The van der Waals surface area contributed by atoms with Gasteiger partial charge in [-0.15, -0.1) is 5.10 Å². The number of hydrogen-bond donors (Lipinski definition) is 1. The highest BCUT2D eigenvalue weighted by Gasteiger charge is 2.14. The number of fused-ring (bicyclic) bond motifs is 1. The number of rotatable bonds is 4. The largest absolute Gasteiger partial charge is 0.496 e. The second-order valence-electron chi connectivity index (χ2n) is 4.59.